The second-order valence-corrected chi connectivity index (χ2v) is 7.41. The van der Waals surface area contributed by atoms with Crippen LogP contribution in [0.3, 0.4) is 0 Å². The lowest BCUT2D eigenvalue weighted by Crippen LogP contribution is -2.04. The number of hydrogen-bond donors (Lipinski definition) is 0. The van der Waals surface area contributed by atoms with Gasteiger partial charge in [-0.15, -0.1) is 0 Å². The summed E-state index contributed by atoms with van der Waals surface area (Å²) in [5.74, 6) is 0.477. The first-order valence-electron chi connectivity index (χ1n) is 8.66. The van der Waals surface area contributed by atoms with Crippen molar-refractivity contribution in [2.75, 3.05) is 0 Å². The molecule has 2 nitrogen and oxygen atoms in total. The zero-order valence-corrected chi connectivity index (χ0v) is 15.8. The quantitative estimate of drug-likeness (QED) is 0.342. The van der Waals surface area contributed by atoms with Crippen LogP contribution < -0.4 is 0 Å². The van der Waals surface area contributed by atoms with Gasteiger partial charge < -0.3 is 4.42 Å². The number of nitrogens with zero attached hydrogens (tertiary/aromatic N) is 1. The molecule has 0 amide bonds. The van der Waals surface area contributed by atoms with Gasteiger partial charge in [-0.25, -0.2) is 4.98 Å². The molecule has 0 bridgehead atoms. The van der Waals surface area contributed by atoms with Gasteiger partial charge in [0.25, 0.3) is 5.22 Å². The van der Waals surface area contributed by atoms with Crippen LogP contribution in [0.2, 0.25) is 0 Å². The Morgan fingerprint density at radius 3 is 2.32 bits per heavy atom. The summed E-state index contributed by atoms with van der Waals surface area (Å²) in [6, 6.07) is 19.1. The van der Waals surface area contributed by atoms with Gasteiger partial charge in [0.15, 0.2) is 5.58 Å². The van der Waals surface area contributed by atoms with E-state index >= 15 is 0 Å². The summed E-state index contributed by atoms with van der Waals surface area (Å²) in [4.78, 5) is 4.60. The minimum Gasteiger partial charge on any atom is -0.431 e. The largest absolute Gasteiger partial charge is 0.431 e. The predicted molar refractivity (Wildman–Crippen MR) is 105 cm³/mol. The summed E-state index contributed by atoms with van der Waals surface area (Å²) in [5, 5.41) is 0.495. The molecule has 0 aliphatic carbocycles. The predicted octanol–water partition coefficient (Wildman–Crippen LogP) is 7.11. The summed E-state index contributed by atoms with van der Waals surface area (Å²) >= 11 is 1.36. The number of alkyl halides is 3. The molecule has 0 spiro atoms. The van der Waals surface area contributed by atoms with Gasteiger partial charge >= 0.3 is 6.18 Å². The highest BCUT2D eigenvalue weighted by atomic mass is 32.2. The number of aryl methyl sites for hydroxylation is 1. The van der Waals surface area contributed by atoms with Crippen molar-refractivity contribution >= 4 is 22.9 Å². The minimum atomic E-state index is -4.32. The standard InChI is InChI=1S/C22H16F3NOS/c1-14-5-9-16(10-6-14)18-3-2-4-19-20(18)26-21(27-19)28-13-15-7-11-17(12-8-15)22(23,24)25/h2-12H,13H2,1H3. The Bertz CT molecular complexity index is 1100. The summed E-state index contributed by atoms with van der Waals surface area (Å²) in [6.45, 7) is 2.04. The van der Waals surface area contributed by atoms with Crippen LogP contribution in [0.5, 0.6) is 0 Å². The molecule has 0 fully saturated rings. The van der Waals surface area contributed by atoms with Crippen molar-refractivity contribution in [3.63, 3.8) is 0 Å². The van der Waals surface area contributed by atoms with E-state index in [0.29, 0.717) is 16.6 Å². The minimum absolute atomic E-state index is 0.477. The molecule has 1 heterocycles. The maximum Gasteiger partial charge on any atom is 0.416 e. The molecule has 142 valence electrons. The van der Waals surface area contributed by atoms with Gasteiger partial charge in [-0.3, -0.25) is 0 Å². The van der Waals surface area contributed by atoms with E-state index in [1.54, 1.807) is 0 Å². The van der Waals surface area contributed by atoms with E-state index < -0.39 is 11.7 Å². The molecule has 0 aliphatic rings. The lowest BCUT2D eigenvalue weighted by molar-refractivity contribution is -0.137. The van der Waals surface area contributed by atoms with Crippen molar-refractivity contribution in [1.82, 2.24) is 4.98 Å². The highest BCUT2D eigenvalue weighted by molar-refractivity contribution is 7.98. The Kier molecular flexibility index (Phi) is 4.89. The second-order valence-electron chi connectivity index (χ2n) is 6.48. The van der Waals surface area contributed by atoms with E-state index in [4.69, 9.17) is 4.42 Å². The molecule has 28 heavy (non-hydrogen) atoms. The normalized spacial score (nSPS) is 11.9. The van der Waals surface area contributed by atoms with E-state index in [-0.39, 0.29) is 0 Å². The Morgan fingerprint density at radius 1 is 0.929 bits per heavy atom. The highest BCUT2D eigenvalue weighted by Gasteiger charge is 2.29. The van der Waals surface area contributed by atoms with Crippen molar-refractivity contribution in [2.24, 2.45) is 0 Å². The van der Waals surface area contributed by atoms with Crippen LogP contribution in [0.15, 0.2) is 76.4 Å². The molecule has 4 aromatic rings. The Morgan fingerprint density at radius 2 is 1.64 bits per heavy atom. The van der Waals surface area contributed by atoms with Crippen molar-refractivity contribution < 1.29 is 17.6 Å². The lowest BCUT2D eigenvalue weighted by atomic mass is 10.0. The van der Waals surface area contributed by atoms with Gasteiger partial charge in [0.05, 0.1) is 5.56 Å². The first-order chi connectivity index (χ1) is 13.4. The number of benzene rings is 3. The molecule has 0 saturated heterocycles. The van der Waals surface area contributed by atoms with Crippen molar-refractivity contribution in [2.45, 2.75) is 24.1 Å². The van der Waals surface area contributed by atoms with Crippen molar-refractivity contribution in [3.05, 3.63) is 83.4 Å². The van der Waals surface area contributed by atoms with Crippen LogP contribution in [0.1, 0.15) is 16.7 Å². The van der Waals surface area contributed by atoms with Gasteiger partial charge in [0.2, 0.25) is 0 Å². The number of rotatable bonds is 4. The topological polar surface area (TPSA) is 26.0 Å². The van der Waals surface area contributed by atoms with E-state index in [0.717, 1.165) is 34.3 Å². The molecule has 4 rings (SSSR count). The maximum atomic E-state index is 12.7. The Labute approximate surface area is 164 Å². The number of para-hydroxylation sites is 1. The molecule has 6 heteroatoms. The Balaban J connectivity index is 1.55. The fourth-order valence-corrected chi connectivity index (χ4v) is 3.68. The third kappa shape index (κ3) is 3.92. The van der Waals surface area contributed by atoms with E-state index in [9.17, 15) is 13.2 Å². The van der Waals surface area contributed by atoms with Crippen LogP contribution in [0.25, 0.3) is 22.2 Å². The van der Waals surface area contributed by atoms with Crippen LogP contribution in [-0.2, 0) is 11.9 Å². The lowest BCUT2D eigenvalue weighted by Gasteiger charge is -2.06. The van der Waals surface area contributed by atoms with Crippen LogP contribution in [-0.4, -0.2) is 4.98 Å². The smallest absolute Gasteiger partial charge is 0.416 e. The van der Waals surface area contributed by atoms with E-state index in [1.165, 1.54) is 29.5 Å². The molecule has 0 radical (unpaired) electrons. The molecule has 0 aliphatic heterocycles. The zero-order valence-electron chi connectivity index (χ0n) is 15.0. The zero-order chi connectivity index (χ0) is 19.7. The number of thioether (sulfide) groups is 1. The first kappa shape index (κ1) is 18.6. The summed E-state index contributed by atoms with van der Waals surface area (Å²) in [7, 11) is 0. The van der Waals surface area contributed by atoms with Gasteiger partial charge in [-0.2, -0.15) is 13.2 Å². The average molecular weight is 399 g/mol. The first-order valence-corrected chi connectivity index (χ1v) is 9.64. The molecule has 0 unspecified atom stereocenters. The third-order valence-corrected chi connectivity index (χ3v) is 5.30. The molecule has 1 aromatic heterocycles. The van der Waals surface area contributed by atoms with E-state index in [1.807, 2.05) is 37.3 Å². The highest BCUT2D eigenvalue weighted by Crippen LogP contribution is 2.33. The third-order valence-electron chi connectivity index (χ3n) is 4.41. The summed E-state index contributed by atoms with van der Waals surface area (Å²) in [6.07, 6.45) is -4.32. The number of aromatic nitrogens is 1. The molecule has 0 saturated carbocycles. The monoisotopic (exact) mass is 399 g/mol. The van der Waals surface area contributed by atoms with Gasteiger partial charge in [0.1, 0.15) is 5.52 Å². The molecule has 0 N–H and O–H groups in total. The SMILES string of the molecule is Cc1ccc(-c2cccc3oc(SCc4ccc(C(F)(F)F)cc4)nc23)cc1. The van der Waals surface area contributed by atoms with Crippen LogP contribution in [0.4, 0.5) is 13.2 Å². The van der Waals surface area contributed by atoms with Gasteiger partial charge in [-0.05, 0) is 36.2 Å². The molecule has 0 atom stereocenters. The number of halogens is 3. The van der Waals surface area contributed by atoms with Crippen LogP contribution >= 0.6 is 11.8 Å². The number of hydrogen-bond acceptors (Lipinski definition) is 3. The molecular formula is C22H16F3NOS. The fourth-order valence-electron chi connectivity index (χ4n) is 2.89. The number of oxazole rings is 1. The van der Waals surface area contributed by atoms with E-state index in [2.05, 4.69) is 17.1 Å². The fraction of sp³-hybridized carbons (Fsp3) is 0.136. The summed E-state index contributed by atoms with van der Waals surface area (Å²) < 4.78 is 43.8. The molecule has 3 aromatic carbocycles. The van der Waals surface area contributed by atoms with Crippen molar-refractivity contribution in [1.29, 1.82) is 0 Å². The van der Waals surface area contributed by atoms with Gasteiger partial charge in [-0.1, -0.05) is 65.9 Å². The number of fused-ring (bicyclic) bond motifs is 1. The maximum absolute atomic E-state index is 12.7. The van der Waals surface area contributed by atoms with Crippen LogP contribution in [0, 0.1) is 6.92 Å². The summed E-state index contributed by atoms with van der Waals surface area (Å²) in [5.41, 5.74) is 4.83. The van der Waals surface area contributed by atoms with Gasteiger partial charge in [0, 0.05) is 11.3 Å². The average Bonchev–Trinajstić information content (AvgIpc) is 3.10. The second kappa shape index (κ2) is 7.36. The Hall–Kier alpha value is -2.73. The van der Waals surface area contributed by atoms with Crippen molar-refractivity contribution in [3.8, 4) is 11.1 Å². The molecular weight excluding hydrogens is 383 g/mol.